The van der Waals surface area contributed by atoms with E-state index in [1.807, 2.05) is 0 Å². The summed E-state index contributed by atoms with van der Waals surface area (Å²) in [6.45, 7) is 0.379. The molecule has 20 heavy (non-hydrogen) atoms. The molecule has 2 heterocycles. The summed E-state index contributed by atoms with van der Waals surface area (Å²) < 4.78 is 30.2. The molecule has 2 aromatic rings. The van der Waals surface area contributed by atoms with Crippen molar-refractivity contribution in [2.45, 2.75) is 11.7 Å². The molecule has 0 radical (unpaired) electrons. The zero-order chi connectivity index (χ0) is 14.5. The molecule has 0 aliphatic carbocycles. The lowest BCUT2D eigenvalue weighted by Crippen LogP contribution is -2.20. The van der Waals surface area contributed by atoms with Gasteiger partial charge < -0.3 is 10.5 Å². The van der Waals surface area contributed by atoms with Crippen LogP contribution in [-0.2, 0) is 9.84 Å². The van der Waals surface area contributed by atoms with E-state index in [0.717, 1.165) is 10.1 Å². The summed E-state index contributed by atoms with van der Waals surface area (Å²) >= 11 is 1.28. The Hall–Kier alpha value is -1.60. The number of fused-ring (bicyclic) bond motifs is 2. The average Bonchev–Trinajstić information content (AvgIpc) is 2.76. The van der Waals surface area contributed by atoms with Gasteiger partial charge >= 0.3 is 0 Å². The second kappa shape index (κ2) is 4.46. The van der Waals surface area contributed by atoms with Gasteiger partial charge in [0.25, 0.3) is 5.91 Å². The molecule has 1 aliphatic rings. The van der Waals surface area contributed by atoms with Gasteiger partial charge in [0.1, 0.15) is 5.75 Å². The second-order valence-electron chi connectivity index (χ2n) is 4.86. The van der Waals surface area contributed by atoms with E-state index in [0.29, 0.717) is 29.2 Å². The lowest BCUT2D eigenvalue weighted by atomic mass is 10.0. The Morgan fingerprint density at radius 1 is 1.40 bits per heavy atom. The number of carbonyl (C=O) groups is 1. The molecule has 7 heteroatoms. The summed E-state index contributed by atoms with van der Waals surface area (Å²) in [7, 11) is -3.19. The number of sulfone groups is 1. The van der Waals surface area contributed by atoms with Gasteiger partial charge in [-0.1, -0.05) is 0 Å². The fraction of sp³-hybridized carbons (Fsp3) is 0.308. The minimum Gasteiger partial charge on any atom is -0.493 e. The molecular weight excluding hydrogens is 298 g/mol. The number of nitrogens with two attached hydrogens (primary N) is 1. The number of benzene rings is 1. The zero-order valence-corrected chi connectivity index (χ0v) is 12.4. The third kappa shape index (κ3) is 2.16. The van der Waals surface area contributed by atoms with Gasteiger partial charge in [-0.25, -0.2) is 8.42 Å². The third-order valence-electron chi connectivity index (χ3n) is 3.39. The van der Waals surface area contributed by atoms with Crippen LogP contribution in [0, 0.1) is 0 Å². The van der Waals surface area contributed by atoms with Gasteiger partial charge in [0.05, 0.1) is 16.7 Å². The molecule has 1 amide bonds. The highest BCUT2D eigenvalue weighted by Gasteiger charge is 2.30. The number of thiophene rings is 1. The molecule has 1 unspecified atom stereocenters. The minimum atomic E-state index is -3.19. The molecule has 1 aromatic heterocycles. The number of hydrogen-bond acceptors (Lipinski definition) is 5. The van der Waals surface area contributed by atoms with Crippen LogP contribution in [0.2, 0.25) is 0 Å². The number of primary amides is 1. The van der Waals surface area contributed by atoms with E-state index in [-0.39, 0.29) is 0 Å². The van der Waals surface area contributed by atoms with Crippen molar-refractivity contribution < 1.29 is 17.9 Å². The molecule has 3 rings (SSSR count). The van der Waals surface area contributed by atoms with Crippen LogP contribution in [0.5, 0.6) is 5.75 Å². The fourth-order valence-corrected chi connectivity index (χ4v) is 4.55. The molecule has 0 saturated carbocycles. The van der Waals surface area contributed by atoms with E-state index in [9.17, 15) is 13.2 Å². The third-order valence-corrected chi connectivity index (χ3v) is 6.03. The maximum absolute atomic E-state index is 11.9. The first-order valence-electron chi connectivity index (χ1n) is 6.05. The summed E-state index contributed by atoms with van der Waals surface area (Å²) in [5, 5.41) is 0.272. The van der Waals surface area contributed by atoms with Crippen molar-refractivity contribution in [3.8, 4) is 5.75 Å². The number of ether oxygens (including phenoxy) is 1. The van der Waals surface area contributed by atoms with Crippen molar-refractivity contribution in [2.24, 2.45) is 5.73 Å². The smallest absolute Gasteiger partial charge is 0.258 e. The van der Waals surface area contributed by atoms with Crippen molar-refractivity contribution in [2.75, 3.05) is 12.9 Å². The molecule has 2 N–H and O–H groups in total. The van der Waals surface area contributed by atoms with Crippen LogP contribution < -0.4 is 10.5 Å². The summed E-state index contributed by atoms with van der Waals surface area (Å²) in [5.74, 6) is 0.0989. The number of amides is 1. The van der Waals surface area contributed by atoms with Gasteiger partial charge in [-0.2, -0.15) is 0 Å². The highest BCUT2D eigenvalue weighted by atomic mass is 32.2. The summed E-state index contributed by atoms with van der Waals surface area (Å²) in [5.41, 5.74) is 5.94. The van der Waals surface area contributed by atoms with Crippen LogP contribution >= 0.6 is 11.3 Å². The normalized spacial score (nSPS) is 18.6. The molecule has 1 aromatic carbocycles. The lowest BCUT2D eigenvalue weighted by molar-refractivity contribution is 0.100. The van der Waals surface area contributed by atoms with Crippen LogP contribution in [0.15, 0.2) is 18.2 Å². The SMILES string of the molecule is CS(=O)(=O)C1CCOc2cc3sc(C(N)=O)cc3cc21. The Balaban J connectivity index is 2.22. The lowest BCUT2D eigenvalue weighted by Gasteiger charge is -2.24. The largest absolute Gasteiger partial charge is 0.493 e. The Morgan fingerprint density at radius 3 is 2.80 bits per heavy atom. The van der Waals surface area contributed by atoms with Gasteiger partial charge in [0, 0.05) is 22.9 Å². The van der Waals surface area contributed by atoms with Crippen LogP contribution in [0.1, 0.15) is 26.9 Å². The van der Waals surface area contributed by atoms with Gasteiger partial charge in [0.2, 0.25) is 0 Å². The number of carbonyl (C=O) groups excluding carboxylic acids is 1. The predicted octanol–water partition coefficient (Wildman–Crippen LogP) is 1.87. The molecule has 1 aliphatic heterocycles. The summed E-state index contributed by atoms with van der Waals surface area (Å²) in [6.07, 6.45) is 1.68. The molecule has 106 valence electrons. The minimum absolute atomic E-state index is 0.379. The summed E-state index contributed by atoms with van der Waals surface area (Å²) in [4.78, 5) is 11.7. The molecular formula is C13H13NO4S2. The van der Waals surface area contributed by atoms with Crippen molar-refractivity contribution in [1.82, 2.24) is 0 Å². The standard InChI is InChI=1S/C13H13NO4S2/c1-20(16,17)12-2-3-18-9-6-10-7(4-8(9)12)5-11(19-10)13(14)15/h4-6,12H,2-3H2,1H3,(H2,14,15). The van der Waals surface area contributed by atoms with Crippen molar-refractivity contribution >= 4 is 37.2 Å². The first-order chi connectivity index (χ1) is 9.36. The number of hydrogen-bond donors (Lipinski definition) is 1. The van der Waals surface area contributed by atoms with E-state index < -0.39 is 21.0 Å². The number of rotatable bonds is 2. The molecule has 1 atom stereocenters. The van der Waals surface area contributed by atoms with E-state index in [1.54, 1.807) is 18.2 Å². The summed E-state index contributed by atoms with van der Waals surface area (Å²) in [6, 6.07) is 5.27. The van der Waals surface area contributed by atoms with Crippen LogP contribution in [0.3, 0.4) is 0 Å². The van der Waals surface area contributed by atoms with E-state index >= 15 is 0 Å². The average molecular weight is 311 g/mol. The van der Waals surface area contributed by atoms with E-state index in [1.165, 1.54) is 17.6 Å². The topological polar surface area (TPSA) is 86.5 Å². The molecule has 0 fully saturated rings. The first-order valence-corrected chi connectivity index (χ1v) is 8.82. The highest BCUT2D eigenvalue weighted by molar-refractivity contribution is 7.90. The Bertz CT molecular complexity index is 807. The fourth-order valence-electron chi connectivity index (χ4n) is 2.46. The van der Waals surface area contributed by atoms with Crippen molar-refractivity contribution in [3.05, 3.63) is 28.6 Å². The first kappa shape index (κ1) is 13.4. The zero-order valence-electron chi connectivity index (χ0n) is 10.8. The monoisotopic (exact) mass is 311 g/mol. The second-order valence-corrected chi connectivity index (χ2v) is 8.17. The maximum atomic E-state index is 11.9. The van der Waals surface area contributed by atoms with Gasteiger partial charge in [-0.05, 0) is 23.6 Å². The predicted molar refractivity (Wildman–Crippen MR) is 78.0 cm³/mol. The van der Waals surface area contributed by atoms with E-state index in [4.69, 9.17) is 10.5 Å². The van der Waals surface area contributed by atoms with Crippen LogP contribution in [0.25, 0.3) is 10.1 Å². The van der Waals surface area contributed by atoms with E-state index in [2.05, 4.69) is 0 Å². The highest BCUT2D eigenvalue weighted by Crippen LogP contribution is 2.41. The van der Waals surface area contributed by atoms with Crippen LogP contribution in [0.4, 0.5) is 0 Å². The van der Waals surface area contributed by atoms with Crippen LogP contribution in [-0.4, -0.2) is 27.2 Å². The van der Waals surface area contributed by atoms with Crippen molar-refractivity contribution in [3.63, 3.8) is 0 Å². The molecule has 0 saturated heterocycles. The Labute approximate surface area is 120 Å². The Kier molecular flexibility index (Phi) is 2.98. The van der Waals surface area contributed by atoms with Gasteiger partial charge in [0.15, 0.2) is 9.84 Å². The maximum Gasteiger partial charge on any atom is 0.258 e. The quantitative estimate of drug-likeness (QED) is 0.917. The van der Waals surface area contributed by atoms with Gasteiger partial charge in [-0.3, -0.25) is 4.79 Å². The van der Waals surface area contributed by atoms with Crippen molar-refractivity contribution in [1.29, 1.82) is 0 Å². The Morgan fingerprint density at radius 2 is 2.15 bits per heavy atom. The molecule has 5 nitrogen and oxygen atoms in total. The molecule has 0 bridgehead atoms. The molecule has 0 spiro atoms. The van der Waals surface area contributed by atoms with Gasteiger partial charge in [-0.15, -0.1) is 11.3 Å².